The van der Waals surface area contributed by atoms with Crippen molar-refractivity contribution in [2.45, 2.75) is 63.8 Å². The summed E-state index contributed by atoms with van der Waals surface area (Å²) >= 11 is 0. The number of rotatable bonds is 5. The third-order valence-corrected chi connectivity index (χ3v) is 4.57. The highest BCUT2D eigenvalue weighted by atomic mass is 16.2. The molecule has 2 aliphatic rings. The smallest absolute Gasteiger partial charge is 0.222 e. The van der Waals surface area contributed by atoms with Gasteiger partial charge in [0.2, 0.25) is 5.91 Å². The molecule has 1 amide bonds. The van der Waals surface area contributed by atoms with E-state index in [4.69, 9.17) is 0 Å². The Hall–Kier alpha value is -0.570. The van der Waals surface area contributed by atoms with Gasteiger partial charge in [-0.2, -0.15) is 0 Å². The second-order valence-electron chi connectivity index (χ2n) is 6.11. The number of likely N-dealkylation sites (N-methyl/N-ethyl adjacent to an activating group) is 1. The van der Waals surface area contributed by atoms with E-state index in [1.807, 2.05) is 11.9 Å². The van der Waals surface area contributed by atoms with Gasteiger partial charge in [0.1, 0.15) is 0 Å². The standard InChI is InChI=1S/C15H28N2O/c1-17(12-14-8-5-11-16-14)15(18)10-9-13-6-3-2-4-7-13/h13-14,16H,2-12H2,1H3. The lowest BCUT2D eigenvalue weighted by atomic mass is 9.86. The van der Waals surface area contributed by atoms with Crippen LogP contribution in [0, 0.1) is 5.92 Å². The van der Waals surface area contributed by atoms with Crippen LogP contribution >= 0.6 is 0 Å². The van der Waals surface area contributed by atoms with Crippen molar-refractivity contribution < 1.29 is 4.79 Å². The third-order valence-electron chi connectivity index (χ3n) is 4.57. The molecular weight excluding hydrogens is 224 g/mol. The van der Waals surface area contributed by atoms with Crippen LogP contribution in [-0.4, -0.2) is 37.0 Å². The number of amides is 1. The van der Waals surface area contributed by atoms with E-state index in [2.05, 4.69) is 5.32 Å². The van der Waals surface area contributed by atoms with Crippen molar-refractivity contribution in [1.29, 1.82) is 0 Å². The quantitative estimate of drug-likeness (QED) is 0.815. The van der Waals surface area contributed by atoms with Crippen LogP contribution in [0.1, 0.15) is 57.8 Å². The van der Waals surface area contributed by atoms with E-state index < -0.39 is 0 Å². The zero-order chi connectivity index (χ0) is 12.8. The van der Waals surface area contributed by atoms with Gasteiger partial charge in [0, 0.05) is 26.1 Å². The molecule has 2 rings (SSSR count). The maximum Gasteiger partial charge on any atom is 0.222 e. The first kappa shape index (κ1) is 13.9. The summed E-state index contributed by atoms with van der Waals surface area (Å²) in [7, 11) is 1.96. The van der Waals surface area contributed by atoms with Crippen LogP contribution in [0.4, 0.5) is 0 Å². The highest BCUT2D eigenvalue weighted by molar-refractivity contribution is 5.75. The molecule has 1 unspecified atom stereocenters. The first-order valence-electron chi connectivity index (χ1n) is 7.73. The average Bonchev–Trinajstić information content (AvgIpc) is 2.90. The van der Waals surface area contributed by atoms with Gasteiger partial charge >= 0.3 is 0 Å². The molecule has 18 heavy (non-hydrogen) atoms. The number of hydrogen-bond donors (Lipinski definition) is 1. The largest absolute Gasteiger partial charge is 0.344 e. The van der Waals surface area contributed by atoms with E-state index in [0.29, 0.717) is 11.9 Å². The normalized spacial score (nSPS) is 25.3. The van der Waals surface area contributed by atoms with Gasteiger partial charge in [0.15, 0.2) is 0 Å². The molecule has 2 fully saturated rings. The molecule has 3 nitrogen and oxygen atoms in total. The van der Waals surface area contributed by atoms with Crippen LogP contribution in [0.15, 0.2) is 0 Å². The molecule has 0 aromatic heterocycles. The summed E-state index contributed by atoms with van der Waals surface area (Å²) < 4.78 is 0. The summed E-state index contributed by atoms with van der Waals surface area (Å²) in [5.41, 5.74) is 0. The third kappa shape index (κ3) is 4.27. The van der Waals surface area contributed by atoms with Gasteiger partial charge in [0.05, 0.1) is 0 Å². The average molecular weight is 252 g/mol. The summed E-state index contributed by atoms with van der Waals surface area (Å²) in [6.45, 7) is 2.01. The fourth-order valence-electron chi connectivity index (χ4n) is 3.34. The summed E-state index contributed by atoms with van der Waals surface area (Å²) in [5, 5.41) is 3.45. The van der Waals surface area contributed by atoms with Crippen LogP contribution in [0.25, 0.3) is 0 Å². The van der Waals surface area contributed by atoms with Crippen molar-refractivity contribution in [3.8, 4) is 0 Å². The Bertz CT molecular complexity index is 255. The SMILES string of the molecule is CN(CC1CCCN1)C(=O)CCC1CCCCC1. The summed E-state index contributed by atoms with van der Waals surface area (Å²) in [6, 6.07) is 0.536. The van der Waals surface area contributed by atoms with E-state index >= 15 is 0 Å². The van der Waals surface area contributed by atoms with Crippen LogP contribution in [0.2, 0.25) is 0 Å². The number of carbonyl (C=O) groups excluding carboxylic acids is 1. The molecule has 1 saturated heterocycles. The first-order valence-corrected chi connectivity index (χ1v) is 7.73. The van der Waals surface area contributed by atoms with Gasteiger partial charge in [-0.15, -0.1) is 0 Å². The van der Waals surface area contributed by atoms with E-state index in [9.17, 15) is 4.79 Å². The van der Waals surface area contributed by atoms with Crippen molar-refractivity contribution in [1.82, 2.24) is 10.2 Å². The molecule has 0 aromatic carbocycles. The Morgan fingerprint density at radius 3 is 2.61 bits per heavy atom. The Kier molecular flexibility index (Phi) is 5.48. The molecule has 3 heteroatoms. The maximum atomic E-state index is 12.1. The van der Waals surface area contributed by atoms with E-state index in [1.165, 1.54) is 44.9 Å². The molecule has 1 N–H and O–H groups in total. The minimum absolute atomic E-state index is 0.342. The molecular formula is C15H28N2O. The molecule has 1 aliphatic heterocycles. The van der Waals surface area contributed by atoms with Crippen LogP contribution in [0.3, 0.4) is 0 Å². The van der Waals surface area contributed by atoms with Gasteiger partial charge in [-0.3, -0.25) is 4.79 Å². The van der Waals surface area contributed by atoms with Crippen molar-refractivity contribution in [2.24, 2.45) is 5.92 Å². The van der Waals surface area contributed by atoms with Gasteiger partial charge in [-0.1, -0.05) is 32.1 Å². The molecule has 1 atom stereocenters. The van der Waals surface area contributed by atoms with Crippen molar-refractivity contribution in [2.75, 3.05) is 20.1 Å². The minimum atomic E-state index is 0.342. The van der Waals surface area contributed by atoms with Crippen molar-refractivity contribution in [3.63, 3.8) is 0 Å². The Labute approximate surface area is 111 Å². The molecule has 1 saturated carbocycles. The highest BCUT2D eigenvalue weighted by Crippen LogP contribution is 2.27. The molecule has 0 radical (unpaired) electrons. The van der Waals surface area contributed by atoms with Gasteiger partial charge in [0.25, 0.3) is 0 Å². The second-order valence-corrected chi connectivity index (χ2v) is 6.11. The number of hydrogen-bond acceptors (Lipinski definition) is 2. The number of nitrogens with zero attached hydrogens (tertiary/aromatic N) is 1. The molecule has 1 heterocycles. The zero-order valence-corrected chi connectivity index (χ0v) is 11.8. The first-order chi connectivity index (χ1) is 8.75. The second kappa shape index (κ2) is 7.13. The van der Waals surface area contributed by atoms with Gasteiger partial charge in [-0.25, -0.2) is 0 Å². The summed E-state index contributed by atoms with van der Waals surface area (Å²) in [4.78, 5) is 14.0. The van der Waals surface area contributed by atoms with Gasteiger partial charge < -0.3 is 10.2 Å². The van der Waals surface area contributed by atoms with Crippen LogP contribution < -0.4 is 5.32 Å². The Morgan fingerprint density at radius 2 is 1.94 bits per heavy atom. The topological polar surface area (TPSA) is 32.3 Å². The van der Waals surface area contributed by atoms with E-state index in [-0.39, 0.29) is 0 Å². The fraction of sp³-hybridized carbons (Fsp3) is 0.933. The predicted molar refractivity (Wildman–Crippen MR) is 74.5 cm³/mol. The fourth-order valence-corrected chi connectivity index (χ4v) is 3.34. The van der Waals surface area contributed by atoms with Crippen molar-refractivity contribution in [3.05, 3.63) is 0 Å². The van der Waals surface area contributed by atoms with E-state index in [1.54, 1.807) is 0 Å². The molecule has 0 spiro atoms. The van der Waals surface area contributed by atoms with Crippen molar-refractivity contribution >= 4 is 5.91 Å². The van der Waals surface area contributed by atoms with Crippen LogP contribution in [0.5, 0.6) is 0 Å². The molecule has 104 valence electrons. The Balaban J connectivity index is 1.63. The lowest BCUT2D eigenvalue weighted by Gasteiger charge is -2.24. The zero-order valence-electron chi connectivity index (χ0n) is 11.8. The monoisotopic (exact) mass is 252 g/mol. The predicted octanol–water partition coefficient (Wildman–Crippen LogP) is 2.56. The van der Waals surface area contributed by atoms with E-state index in [0.717, 1.165) is 31.8 Å². The molecule has 0 aromatic rings. The highest BCUT2D eigenvalue weighted by Gasteiger charge is 2.20. The maximum absolute atomic E-state index is 12.1. The van der Waals surface area contributed by atoms with Gasteiger partial charge in [-0.05, 0) is 31.7 Å². The summed E-state index contributed by atoms with van der Waals surface area (Å²) in [5.74, 6) is 1.16. The molecule has 1 aliphatic carbocycles. The lowest BCUT2D eigenvalue weighted by molar-refractivity contribution is -0.130. The number of nitrogens with one attached hydrogen (secondary N) is 1. The lowest BCUT2D eigenvalue weighted by Crippen LogP contribution is -2.38. The Morgan fingerprint density at radius 1 is 1.17 bits per heavy atom. The van der Waals surface area contributed by atoms with Crippen LogP contribution in [-0.2, 0) is 4.79 Å². The molecule has 0 bridgehead atoms. The summed E-state index contributed by atoms with van der Waals surface area (Å²) in [6.07, 6.45) is 11.2. The number of carbonyl (C=O) groups is 1. The minimum Gasteiger partial charge on any atom is -0.344 e.